The number of aromatic amines is 1. The summed E-state index contributed by atoms with van der Waals surface area (Å²) in [5.41, 5.74) is 4.27. The summed E-state index contributed by atoms with van der Waals surface area (Å²) in [6.07, 6.45) is 3.39. The highest BCUT2D eigenvalue weighted by molar-refractivity contribution is 5.73. The SMILES string of the molecule is O=C(O)[C@H](Cc1cnc[nH]1)NOCc1ccccc1. The van der Waals surface area contributed by atoms with Gasteiger partial charge in [0.25, 0.3) is 0 Å². The molecule has 2 rings (SSSR count). The van der Waals surface area contributed by atoms with Gasteiger partial charge in [0.1, 0.15) is 6.04 Å². The van der Waals surface area contributed by atoms with Gasteiger partial charge in [0.05, 0.1) is 12.9 Å². The van der Waals surface area contributed by atoms with Gasteiger partial charge in [0.15, 0.2) is 0 Å². The first-order chi connectivity index (χ1) is 9.25. The van der Waals surface area contributed by atoms with Crippen LogP contribution in [0.4, 0.5) is 0 Å². The van der Waals surface area contributed by atoms with Gasteiger partial charge in [-0.2, -0.15) is 5.48 Å². The third-order valence-electron chi connectivity index (χ3n) is 2.58. The van der Waals surface area contributed by atoms with Crippen molar-refractivity contribution in [1.82, 2.24) is 15.4 Å². The second-order valence-corrected chi connectivity index (χ2v) is 4.06. The largest absolute Gasteiger partial charge is 0.480 e. The maximum Gasteiger partial charge on any atom is 0.323 e. The van der Waals surface area contributed by atoms with Crippen molar-refractivity contribution in [3.63, 3.8) is 0 Å². The van der Waals surface area contributed by atoms with Gasteiger partial charge in [-0.25, -0.2) is 4.98 Å². The van der Waals surface area contributed by atoms with Gasteiger partial charge < -0.3 is 10.1 Å². The summed E-state index contributed by atoms with van der Waals surface area (Å²) in [7, 11) is 0. The molecule has 1 aromatic carbocycles. The topological polar surface area (TPSA) is 87.2 Å². The van der Waals surface area contributed by atoms with E-state index in [1.807, 2.05) is 30.3 Å². The number of carboxylic acid groups (broad SMARTS) is 1. The van der Waals surface area contributed by atoms with Crippen LogP contribution in [0.3, 0.4) is 0 Å². The molecule has 0 unspecified atom stereocenters. The van der Waals surface area contributed by atoms with Crippen molar-refractivity contribution in [3.8, 4) is 0 Å². The number of carboxylic acids is 1. The van der Waals surface area contributed by atoms with Crippen molar-refractivity contribution >= 4 is 5.97 Å². The summed E-state index contributed by atoms with van der Waals surface area (Å²) in [5, 5.41) is 9.09. The molecule has 6 heteroatoms. The van der Waals surface area contributed by atoms with Crippen LogP contribution in [0.15, 0.2) is 42.9 Å². The van der Waals surface area contributed by atoms with E-state index in [4.69, 9.17) is 9.94 Å². The molecule has 0 saturated heterocycles. The third-order valence-corrected chi connectivity index (χ3v) is 2.58. The molecule has 19 heavy (non-hydrogen) atoms. The Kier molecular flexibility index (Phi) is 4.66. The Labute approximate surface area is 110 Å². The number of nitrogens with one attached hydrogen (secondary N) is 2. The normalized spacial score (nSPS) is 12.2. The van der Waals surface area contributed by atoms with E-state index in [1.54, 1.807) is 6.20 Å². The fraction of sp³-hybridized carbons (Fsp3) is 0.231. The molecule has 3 N–H and O–H groups in total. The summed E-state index contributed by atoms with van der Waals surface area (Å²) in [5.74, 6) is -0.970. The summed E-state index contributed by atoms with van der Waals surface area (Å²) in [4.78, 5) is 23.0. The smallest absolute Gasteiger partial charge is 0.323 e. The van der Waals surface area contributed by atoms with Crippen LogP contribution in [0.2, 0.25) is 0 Å². The highest BCUT2D eigenvalue weighted by Gasteiger charge is 2.18. The number of aliphatic carboxylic acids is 1. The molecule has 2 aromatic rings. The summed E-state index contributed by atoms with van der Waals surface area (Å²) in [6, 6.07) is 8.72. The van der Waals surface area contributed by atoms with E-state index in [-0.39, 0.29) is 6.42 Å². The number of H-pyrrole nitrogens is 1. The number of benzene rings is 1. The predicted octanol–water partition coefficient (Wildman–Crippen LogP) is 1.13. The molecule has 0 aliphatic carbocycles. The number of aromatic nitrogens is 2. The fourth-order valence-corrected chi connectivity index (χ4v) is 1.60. The van der Waals surface area contributed by atoms with Gasteiger partial charge in [0.2, 0.25) is 0 Å². The molecule has 0 aliphatic heterocycles. The Morgan fingerprint density at radius 1 is 1.42 bits per heavy atom. The van der Waals surface area contributed by atoms with Crippen LogP contribution in [0.25, 0.3) is 0 Å². The van der Waals surface area contributed by atoms with Gasteiger partial charge in [-0.1, -0.05) is 30.3 Å². The van der Waals surface area contributed by atoms with Gasteiger partial charge >= 0.3 is 5.97 Å². The number of carbonyl (C=O) groups is 1. The van der Waals surface area contributed by atoms with Crippen LogP contribution >= 0.6 is 0 Å². The molecule has 1 atom stereocenters. The maximum atomic E-state index is 11.1. The van der Waals surface area contributed by atoms with Crippen LogP contribution in [-0.4, -0.2) is 27.1 Å². The van der Waals surface area contributed by atoms with Crippen LogP contribution in [0.1, 0.15) is 11.3 Å². The molecule has 0 radical (unpaired) electrons. The highest BCUT2D eigenvalue weighted by atomic mass is 16.6. The van der Waals surface area contributed by atoms with Crippen molar-refractivity contribution in [3.05, 3.63) is 54.1 Å². The van der Waals surface area contributed by atoms with E-state index in [1.165, 1.54) is 6.33 Å². The standard InChI is InChI=1S/C13H15N3O3/c17-13(18)12(6-11-7-14-9-15-11)16-19-8-10-4-2-1-3-5-10/h1-5,7,9,12,16H,6,8H2,(H,14,15)(H,17,18)/t12-/m0/s1. The first kappa shape index (κ1) is 13.3. The van der Waals surface area contributed by atoms with E-state index < -0.39 is 12.0 Å². The minimum Gasteiger partial charge on any atom is -0.480 e. The molecule has 0 amide bonds. The second-order valence-electron chi connectivity index (χ2n) is 4.06. The first-order valence-corrected chi connectivity index (χ1v) is 5.87. The van der Waals surface area contributed by atoms with Crippen LogP contribution in [0, 0.1) is 0 Å². The van der Waals surface area contributed by atoms with Gasteiger partial charge in [-0.15, -0.1) is 0 Å². The van der Waals surface area contributed by atoms with E-state index >= 15 is 0 Å². The minimum atomic E-state index is -0.970. The lowest BCUT2D eigenvalue weighted by atomic mass is 10.2. The Bertz CT molecular complexity index is 499. The number of hydrogen-bond donors (Lipinski definition) is 3. The van der Waals surface area contributed by atoms with Crippen molar-refractivity contribution in [2.75, 3.05) is 0 Å². The molecule has 0 spiro atoms. The van der Waals surface area contributed by atoms with Crippen molar-refractivity contribution in [2.24, 2.45) is 0 Å². The third kappa shape index (κ3) is 4.20. The number of hydroxylamine groups is 1. The first-order valence-electron chi connectivity index (χ1n) is 5.87. The number of imidazole rings is 1. The van der Waals surface area contributed by atoms with Crippen molar-refractivity contribution in [1.29, 1.82) is 0 Å². The van der Waals surface area contributed by atoms with Crippen LogP contribution in [-0.2, 0) is 22.7 Å². The zero-order valence-corrected chi connectivity index (χ0v) is 10.2. The van der Waals surface area contributed by atoms with E-state index in [0.29, 0.717) is 6.61 Å². The van der Waals surface area contributed by atoms with Crippen LogP contribution < -0.4 is 5.48 Å². The van der Waals surface area contributed by atoms with Crippen LogP contribution in [0.5, 0.6) is 0 Å². The maximum absolute atomic E-state index is 11.1. The monoisotopic (exact) mass is 261 g/mol. The zero-order chi connectivity index (χ0) is 13.5. The number of nitrogens with zero attached hydrogens (tertiary/aromatic N) is 1. The lowest BCUT2D eigenvalue weighted by Gasteiger charge is -2.13. The Hall–Kier alpha value is -2.18. The zero-order valence-electron chi connectivity index (χ0n) is 10.2. The second kappa shape index (κ2) is 6.67. The quantitative estimate of drug-likeness (QED) is 0.650. The molecule has 100 valence electrons. The predicted molar refractivity (Wildman–Crippen MR) is 68.1 cm³/mol. The number of rotatable bonds is 7. The highest BCUT2D eigenvalue weighted by Crippen LogP contribution is 2.02. The van der Waals surface area contributed by atoms with Gasteiger partial charge in [0, 0.05) is 18.3 Å². The van der Waals surface area contributed by atoms with Gasteiger partial charge in [-0.05, 0) is 5.56 Å². The lowest BCUT2D eigenvalue weighted by Crippen LogP contribution is -2.38. The molecular formula is C13H15N3O3. The summed E-state index contributed by atoms with van der Waals surface area (Å²) in [6.45, 7) is 0.313. The molecule has 0 fully saturated rings. The average Bonchev–Trinajstić information content (AvgIpc) is 2.91. The Morgan fingerprint density at radius 2 is 2.21 bits per heavy atom. The fourth-order valence-electron chi connectivity index (χ4n) is 1.60. The van der Waals surface area contributed by atoms with E-state index in [0.717, 1.165) is 11.3 Å². The molecular weight excluding hydrogens is 246 g/mol. The lowest BCUT2D eigenvalue weighted by molar-refractivity contribution is -0.144. The molecule has 0 aliphatic rings. The summed E-state index contributed by atoms with van der Waals surface area (Å²) < 4.78 is 0. The molecule has 1 heterocycles. The van der Waals surface area contributed by atoms with E-state index in [9.17, 15) is 4.79 Å². The molecule has 6 nitrogen and oxygen atoms in total. The molecule has 0 saturated carbocycles. The van der Waals surface area contributed by atoms with Gasteiger partial charge in [-0.3, -0.25) is 9.63 Å². The average molecular weight is 261 g/mol. The minimum absolute atomic E-state index is 0.282. The Morgan fingerprint density at radius 3 is 2.84 bits per heavy atom. The number of hydrogen-bond acceptors (Lipinski definition) is 4. The van der Waals surface area contributed by atoms with Crippen molar-refractivity contribution < 1.29 is 14.7 Å². The molecule has 0 bridgehead atoms. The summed E-state index contributed by atoms with van der Waals surface area (Å²) >= 11 is 0. The van der Waals surface area contributed by atoms with Crippen molar-refractivity contribution in [2.45, 2.75) is 19.1 Å². The molecule has 1 aromatic heterocycles. The Balaban J connectivity index is 1.82. The van der Waals surface area contributed by atoms with E-state index in [2.05, 4.69) is 15.4 Å².